The Kier molecular flexibility index (Phi) is 4.98. The number of carbonyl (C=O) groups is 2. The van der Waals surface area contributed by atoms with Crippen LogP contribution in [0.25, 0.3) is 0 Å². The SMILES string of the molecule is Cc1ccc(C(=O)[C@@H](C)OC(=O)Cc2c(C)noc2C)cc1C. The molecule has 0 bridgehead atoms. The van der Waals surface area contributed by atoms with Gasteiger partial charge in [0.25, 0.3) is 0 Å². The fraction of sp³-hybridized carbons (Fsp3) is 0.389. The number of aryl methyl sites for hydroxylation is 4. The van der Waals surface area contributed by atoms with E-state index in [-0.39, 0.29) is 12.2 Å². The predicted octanol–water partition coefficient (Wildman–Crippen LogP) is 3.27. The van der Waals surface area contributed by atoms with Crippen LogP contribution in [0.4, 0.5) is 0 Å². The summed E-state index contributed by atoms with van der Waals surface area (Å²) in [5, 5.41) is 3.80. The lowest BCUT2D eigenvalue weighted by Crippen LogP contribution is -2.25. The highest BCUT2D eigenvalue weighted by Crippen LogP contribution is 2.16. The lowest BCUT2D eigenvalue weighted by molar-refractivity contribution is -0.145. The van der Waals surface area contributed by atoms with Gasteiger partial charge >= 0.3 is 5.97 Å². The van der Waals surface area contributed by atoms with Crippen molar-refractivity contribution in [1.82, 2.24) is 5.16 Å². The third-order valence-corrected chi connectivity index (χ3v) is 3.97. The summed E-state index contributed by atoms with van der Waals surface area (Å²) >= 11 is 0. The number of aromatic nitrogens is 1. The summed E-state index contributed by atoms with van der Waals surface area (Å²) < 4.78 is 10.3. The Balaban J connectivity index is 2.03. The Morgan fingerprint density at radius 1 is 1.17 bits per heavy atom. The molecule has 0 unspecified atom stereocenters. The third kappa shape index (κ3) is 3.86. The zero-order valence-electron chi connectivity index (χ0n) is 14.1. The molecule has 1 aromatic heterocycles. The molecule has 0 spiro atoms. The molecule has 0 fully saturated rings. The maximum absolute atomic E-state index is 12.4. The Hall–Kier alpha value is -2.43. The van der Waals surface area contributed by atoms with Crippen molar-refractivity contribution in [3.05, 3.63) is 51.9 Å². The third-order valence-electron chi connectivity index (χ3n) is 3.97. The van der Waals surface area contributed by atoms with Gasteiger partial charge in [0.05, 0.1) is 12.1 Å². The first-order valence-corrected chi connectivity index (χ1v) is 7.52. The number of hydrogen-bond acceptors (Lipinski definition) is 5. The number of rotatable bonds is 5. The number of nitrogens with zero attached hydrogens (tertiary/aromatic N) is 1. The fourth-order valence-electron chi connectivity index (χ4n) is 2.32. The molecule has 23 heavy (non-hydrogen) atoms. The summed E-state index contributed by atoms with van der Waals surface area (Å²) in [7, 11) is 0. The minimum absolute atomic E-state index is 0.0473. The van der Waals surface area contributed by atoms with Gasteiger partial charge in [0.1, 0.15) is 5.76 Å². The lowest BCUT2D eigenvalue weighted by Gasteiger charge is -2.13. The van der Waals surface area contributed by atoms with Crippen molar-refractivity contribution in [2.75, 3.05) is 0 Å². The molecule has 0 aliphatic carbocycles. The van der Waals surface area contributed by atoms with E-state index in [0.717, 1.165) is 11.1 Å². The van der Waals surface area contributed by atoms with E-state index in [1.165, 1.54) is 0 Å². The van der Waals surface area contributed by atoms with Gasteiger partial charge in [-0.25, -0.2) is 0 Å². The van der Waals surface area contributed by atoms with Gasteiger partial charge in [-0.1, -0.05) is 17.3 Å². The molecule has 1 heterocycles. The fourth-order valence-corrected chi connectivity index (χ4v) is 2.32. The highest BCUT2D eigenvalue weighted by Gasteiger charge is 2.22. The van der Waals surface area contributed by atoms with E-state index in [2.05, 4.69) is 5.16 Å². The molecule has 1 atom stereocenters. The van der Waals surface area contributed by atoms with Crippen LogP contribution in [0.5, 0.6) is 0 Å². The van der Waals surface area contributed by atoms with Crippen LogP contribution in [0.15, 0.2) is 22.7 Å². The molecule has 0 N–H and O–H groups in total. The second-order valence-electron chi connectivity index (χ2n) is 5.77. The number of hydrogen-bond donors (Lipinski definition) is 0. The average Bonchev–Trinajstić information content (AvgIpc) is 2.81. The summed E-state index contributed by atoms with van der Waals surface area (Å²) in [5.74, 6) is -0.0862. The zero-order chi connectivity index (χ0) is 17.1. The molecule has 0 amide bonds. The number of ketones is 1. The summed E-state index contributed by atoms with van der Waals surface area (Å²) in [6, 6.07) is 5.46. The van der Waals surface area contributed by atoms with Crippen molar-refractivity contribution in [3.8, 4) is 0 Å². The standard InChI is InChI=1S/C18H21NO4/c1-10-6-7-15(8-11(10)2)18(21)14(5)22-17(20)9-16-12(3)19-23-13(16)4/h6-8,14H,9H2,1-5H3/t14-/m1/s1. The Morgan fingerprint density at radius 3 is 2.43 bits per heavy atom. The summed E-state index contributed by atoms with van der Waals surface area (Å²) in [6.45, 7) is 9.02. The van der Waals surface area contributed by atoms with Gasteiger partial charge in [-0.3, -0.25) is 9.59 Å². The van der Waals surface area contributed by atoms with Crippen LogP contribution in [-0.4, -0.2) is 23.0 Å². The molecule has 0 aliphatic heterocycles. The van der Waals surface area contributed by atoms with Crippen LogP contribution >= 0.6 is 0 Å². The molecule has 1 aromatic carbocycles. The number of Topliss-reactive ketones (excluding diaryl/α,β-unsaturated/α-hetero) is 1. The largest absolute Gasteiger partial charge is 0.454 e. The van der Waals surface area contributed by atoms with Crippen LogP contribution in [0, 0.1) is 27.7 Å². The molecule has 0 aliphatic rings. The van der Waals surface area contributed by atoms with Crippen molar-refractivity contribution in [2.24, 2.45) is 0 Å². The van der Waals surface area contributed by atoms with E-state index in [4.69, 9.17) is 9.26 Å². The smallest absolute Gasteiger partial charge is 0.311 e. The normalized spacial score (nSPS) is 12.0. The van der Waals surface area contributed by atoms with Crippen molar-refractivity contribution in [1.29, 1.82) is 0 Å². The van der Waals surface area contributed by atoms with Crippen LogP contribution in [0.1, 0.15) is 45.4 Å². The van der Waals surface area contributed by atoms with Crippen LogP contribution in [-0.2, 0) is 16.0 Å². The van der Waals surface area contributed by atoms with E-state index >= 15 is 0 Å². The number of ether oxygens (including phenoxy) is 1. The molecule has 0 saturated carbocycles. The molecule has 2 aromatic rings. The van der Waals surface area contributed by atoms with E-state index in [0.29, 0.717) is 22.6 Å². The summed E-state index contributed by atoms with van der Waals surface area (Å²) in [6.07, 6.45) is -0.781. The molecule has 0 saturated heterocycles. The first-order chi connectivity index (χ1) is 10.8. The van der Waals surface area contributed by atoms with E-state index in [1.807, 2.05) is 26.0 Å². The first-order valence-electron chi connectivity index (χ1n) is 7.52. The summed E-state index contributed by atoms with van der Waals surface area (Å²) in [5.41, 5.74) is 4.06. The Bertz CT molecular complexity index is 726. The van der Waals surface area contributed by atoms with Crippen molar-refractivity contribution in [2.45, 2.75) is 47.1 Å². The predicted molar refractivity (Wildman–Crippen MR) is 85.5 cm³/mol. The first kappa shape index (κ1) is 16.9. The second-order valence-corrected chi connectivity index (χ2v) is 5.77. The van der Waals surface area contributed by atoms with Gasteiger partial charge in [-0.2, -0.15) is 0 Å². The molecular formula is C18H21NO4. The molecule has 0 radical (unpaired) electrons. The van der Waals surface area contributed by atoms with Gasteiger partial charge in [0, 0.05) is 11.1 Å². The lowest BCUT2D eigenvalue weighted by atomic mass is 10.0. The molecule has 5 heteroatoms. The van der Waals surface area contributed by atoms with Gasteiger partial charge in [0.15, 0.2) is 6.10 Å². The van der Waals surface area contributed by atoms with E-state index in [9.17, 15) is 9.59 Å². The molecular weight excluding hydrogens is 294 g/mol. The number of benzene rings is 1. The van der Waals surface area contributed by atoms with E-state index in [1.54, 1.807) is 26.8 Å². The van der Waals surface area contributed by atoms with E-state index < -0.39 is 12.1 Å². The number of esters is 1. The highest BCUT2D eigenvalue weighted by atomic mass is 16.5. The maximum Gasteiger partial charge on any atom is 0.311 e. The van der Waals surface area contributed by atoms with Crippen LogP contribution in [0.3, 0.4) is 0 Å². The average molecular weight is 315 g/mol. The quantitative estimate of drug-likeness (QED) is 0.625. The minimum atomic E-state index is -0.829. The topological polar surface area (TPSA) is 69.4 Å². The van der Waals surface area contributed by atoms with Gasteiger partial charge in [-0.15, -0.1) is 0 Å². The second kappa shape index (κ2) is 6.77. The monoisotopic (exact) mass is 315 g/mol. The van der Waals surface area contributed by atoms with Gasteiger partial charge < -0.3 is 9.26 Å². The summed E-state index contributed by atoms with van der Waals surface area (Å²) in [4.78, 5) is 24.4. The molecule has 2 rings (SSSR count). The Labute approximate surface area is 135 Å². The van der Waals surface area contributed by atoms with Crippen molar-refractivity contribution < 1.29 is 18.8 Å². The minimum Gasteiger partial charge on any atom is -0.454 e. The number of carbonyl (C=O) groups excluding carboxylic acids is 2. The highest BCUT2D eigenvalue weighted by molar-refractivity contribution is 6.00. The van der Waals surface area contributed by atoms with Crippen molar-refractivity contribution >= 4 is 11.8 Å². The Morgan fingerprint density at radius 2 is 1.87 bits per heavy atom. The van der Waals surface area contributed by atoms with Crippen molar-refractivity contribution in [3.63, 3.8) is 0 Å². The zero-order valence-corrected chi connectivity index (χ0v) is 14.1. The molecule has 122 valence electrons. The maximum atomic E-state index is 12.4. The van der Waals surface area contributed by atoms with Crippen LogP contribution in [0.2, 0.25) is 0 Å². The van der Waals surface area contributed by atoms with Gasteiger partial charge in [-0.05, 0) is 51.8 Å². The molecule has 5 nitrogen and oxygen atoms in total. The van der Waals surface area contributed by atoms with Gasteiger partial charge in [0.2, 0.25) is 5.78 Å². The van der Waals surface area contributed by atoms with Crippen LogP contribution < -0.4 is 0 Å².